The van der Waals surface area contributed by atoms with Crippen LogP contribution in [0.5, 0.6) is 0 Å². The molecule has 26 heavy (non-hydrogen) atoms. The summed E-state index contributed by atoms with van der Waals surface area (Å²) in [7, 11) is 2.10. The van der Waals surface area contributed by atoms with Crippen LogP contribution in [-0.4, -0.2) is 44.2 Å². The van der Waals surface area contributed by atoms with Crippen molar-refractivity contribution in [3.8, 4) is 0 Å². The molecule has 0 spiro atoms. The van der Waals surface area contributed by atoms with E-state index in [1.807, 2.05) is 6.07 Å². The molecule has 2 amide bonds. The van der Waals surface area contributed by atoms with Gasteiger partial charge in [-0.1, -0.05) is 40.9 Å². The summed E-state index contributed by atoms with van der Waals surface area (Å²) in [6.45, 7) is 3.73. The van der Waals surface area contributed by atoms with Crippen molar-refractivity contribution in [1.82, 2.24) is 4.90 Å². The summed E-state index contributed by atoms with van der Waals surface area (Å²) >= 11 is 18.4. The summed E-state index contributed by atoms with van der Waals surface area (Å²) in [5.74, 6) is 0. The fourth-order valence-electron chi connectivity index (χ4n) is 2.77. The number of hydrogen-bond donors (Lipinski definition) is 2. The molecule has 5 nitrogen and oxygen atoms in total. The number of likely N-dealkylation sites (N-methyl/N-ethyl adjacent to an activating group) is 1. The highest BCUT2D eigenvalue weighted by Crippen LogP contribution is 2.31. The van der Waals surface area contributed by atoms with E-state index in [0.717, 1.165) is 31.9 Å². The number of piperazine rings is 1. The maximum absolute atomic E-state index is 12.3. The van der Waals surface area contributed by atoms with Gasteiger partial charge in [0, 0.05) is 31.9 Å². The third kappa shape index (κ3) is 4.54. The molecule has 0 atom stereocenters. The molecule has 1 aliphatic rings. The Balaban J connectivity index is 1.70. The zero-order valence-electron chi connectivity index (χ0n) is 14.2. The molecule has 1 saturated heterocycles. The molecule has 0 aromatic heterocycles. The molecule has 1 fully saturated rings. The normalized spacial score (nSPS) is 15.0. The van der Waals surface area contributed by atoms with E-state index in [-0.39, 0.29) is 0 Å². The number of anilines is 3. The van der Waals surface area contributed by atoms with Crippen LogP contribution in [-0.2, 0) is 0 Å². The molecular formula is C18H19Cl3N4O. The molecule has 3 rings (SSSR count). The number of urea groups is 1. The Morgan fingerprint density at radius 2 is 1.69 bits per heavy atom. The fraction of sp³-hybridized carbons (Fsp3) is 0.278. The zero-order chi connectivity index (χ0) is 18.7. The predicted molar refractivity (Wildman–Crippen MR) is 110 cm³/mol. The molecule has 2 aromatic rings. The van der Waals surface area contributed by atoms with E-state index in [1.54, 1.807) is 30.3 Å². The standard InChI is InChI=1S/C18H19Cl3N4O/c1-24-7-9-25(10-8-24)16-11-12(5-6-13(16)19)22-18(26)23-15-4-2-3-14(20)17(15)21/h2-6,11H,7-10H2,1H3,(H2,22,23,26). The lowest BCUT2D eigenvalue weighted by Crippen LogP contribution is -2.44. The first-order chi connectivity index (χ1) is 12.4. The van der Waals surface area contributed by atoms with E-state index in [9.17, 15) is 4.79 Å². The first kappa shape index (κ1) is 19.1. The summed E-state index contributed by atoms with van der Waals surface area (Å²) in [5, 5.41) is 6.86. The molecule has 0 aliphatic carbocycles. The molecule has 8 heteroatoms. The van der Waals surface area contributed by atoms with Gasteiger partial charge in [-0.3, -0.25) is 0 Å². The van der Waals surface area contributed by atoms with Gasteiger partial charge >= 0.3 is 6.03 Å². The predicted octanol–water partition coefficient (Wildman–Crippen LogP) is 5.04. The lowest BCUT2D eigenvalue weighted by molar-refractivity contribution is 0.262. The highest BCUT2D eigenvalue weighted by molar-refractivity contribution is 6.44. The highest BCUT2D eigenvalue weighted by Gasteiger charge is 2.17. The summed E-state index contributed by atoms with van der Waals surface area (Å²) in [5.41, 5.74) is 2.02. The largest absolute Gasteiger partial charge is 0.368 e. The number of nitrogens with one attached hydrogen (secondary N) is 2. The van der Waals surface area contributed by atoms with Gasteiger partial charge in [0.05, 0.1) is 26.4 Å². The molecule has 1 aliphatic heterocycles. The molecule has 0 radical (unpaired) electrons. The van der Waals surface area contributed by atoms with Crippen LogP contribution in [0.3, 0.4) is 0 Å². The number of carbonyl (C=O) groups is 1. The number of hydrogen-bond acceptors (Lipinski definition) is 3. The van der Waals surface area contributed by atoms with Crippen LogP contribution in [0.4, 0.5) is 21.9 Å². The third-order valence-electron chi connectivity index (χ3n) is 4.25. The van der Waals surface area contributed by atoms with Gasteiger partial charge in [0.25, 0.3) is 0 Å². The number of benzene rings is 2. The molecule has 0 saturated carbocycles. The van der Waals surface area contributed by atoms with Crippen LogP contribution in [0.25, 0.3) is 0 Å². The van der Waals surface area contributed by atoms with E-state index in [2.05, 4.69) is 27.5 Å². The van der Waals surface area contributed by atoms with Crippen LogP contribution >= 0.6 is 34.8 Å². The molecule has 2 N–H and O–H groups in total. The van der Waals surface area contributed by atoms with Crippen LogP contribution in [0.1, 0.15) is 0 Å². The first-order valence-electron chi connectivity index (χ1n) is 8.19. The summed E-state index contributed by atoms with van der Waals surface area (Å²) in [6, 6.07) is 10.1. The highest BCUT2D eigenvalue weighted by atomic mass is 35.5. The van der Waals surface area contributed by atoms with Crippen molar-refractivity contribution in [1.29, 1.82) is 0 Å². The van der Waals surface area contributed by atoms with Crippen LogP contribution in [0.2, 0.25) is 15.1 Å². The van der Waals surface area contributed by atoms with E-state index in [0.29, 0.717) is 26.4 Å². The smallest absolute Gasteiger partial charge is 0.323 e. The molecule has 2 aromatic carbocycles. The Morgan fingerprint density at radius 1 is 0.962 bits per heavy atom. The number of carbonyl (C=O) groups excluding carboxylic acids is 1. The monoisotopic (exact) mass is 412 g/mol. The minimum Gasteiger partial charge on any atom is -0.368 e. The molecule has 0 bridgehead atoms. The second-order valence-electron chi connectivity index (χ2n) is 6.14. The second kappa shape index (κ2) is 8.35. The van der Waals surface area contributed by atoms with E-state index < -0.39 is 6.03 Å². The Kier molecular flexibility index (Phi) is 6.14. The van der Waals surface area contributed by atoms with Crippen molar-refractivity contribution in [2.75, 3.05) is 48.8 Å². The Hall–Kier alpha value is -1.66. The number of amides is 2. The first-order valence-corrected chi connectivity index (χ1v) is 9.32. The summed E-state index contributed by atoms with van der Waals surface area (Å²) in [4.78, 5) is 16.8. The number of halogens is 3. The van der Waals surface area contributed by atoms with Gasteiger partial charge < -0.3 is 20.4 Å². The SMILES string of the molecule is CN1CCN(c2cc(NC(=O)Nc3cccc(Cl)c3Cl)ccc2Cl)CC1. The van der Waals surface area contributed by atoms with Gasteiger partial charge in [0.1, 0.15) is 0 Å². The number of nitrogens with zero attached hydrogens (tertiary/aromatic N) is 2. The van der Waals surface area contributed by atoms with Gasteiger partial charge in [-0.15, -0.1) is 0 Å². The molecule has 1 heterocycles. The average molecular weight is 414 g/mol. The van der Waals surface area contributed by atoms with Gasteiger partial charge in [0.15, 0.2) is 0 Å². The summed E-state index contributed by atoms with van der Waals surface area (Å²) in [6.07, 6.45) is 0. The Bertz CT molecular complexity index is 807. The van der Waals surface area contributed by atoms with Gasteiger partial charge in [-0.25, -0.2) is 4.79 Å². The van der Waals surface area contributed by atoms with Crippen molar-refractivity contribution < 1.29 is 4.79 Å². The lowest BCUT2D eigenvalue weighted by Gasteiger charge is -2.34. The lowest BCUT2D eigenvalue weighted by atomic mass is 10.2. The molecule has 138 valence electrons. The summed E-state index contributed by atoms with van der Waals surface area (Å²) < 4.78 is 0. The van der Waals surface area contributed by atoms with Crippen LogP contribution in [0, 0.1) is 0 Å². The van der Waals surface area contributed by atoms with Crippen molar-refractivity contribution in [3.05, 3.63) is 51.5 Å². The molecular weight excluding hydrogens is 395 g/mol. The Morgan fingerprint density at radius 3 is 2.42 bits per heavy atom. The van der Waals surface area contributed by atoms with E-state index >= 15 is 0 Å². The van der Waals surface area contributed by atoms with E-state index in [4.69, 9.17) is 34.8 Å². The third-order valence-corrected chi connectivity index (χ3v) is 5.39. The maximum Gasteiger partial charge on any atom is 0.323 e. The van der Waals surface area contributed by atoms with Crippen molar-refractivity contribution >= 4 is 57.9 Å². The zero-order valence-corrected chi connectivity index (χ0v) is 16.5. The topological polar surface area (TPSA) is 47.6 Å². The van der Waals surface area contributed by atoms with Gasteiger partial charge in [-0.05, 0) is 37.4 Å². The maximum atomic E-state index is 12.3. The van der Waals surface area contributed by atoms with Crippen molar-refractivity contribution in [2.45, 2.75) is 0 Å². The van der Waals surface area contributed by atoms with Crippen molar-refractivity contribution in [3.63, 3.8) is 0 Å². The van der Waals surface area contributed by atoms with Crippen LogP contribution < -0.4 is 15.5 Å². The minimum absolute atomic E-state index is 0.304. The average Bonchev–Trinajstić information content (AvgIpc) is 2.61. The van der Waals surface area contributed by atoms with Crippen molar-refractivity contribution in [2.24, 2.45) is 0 Å². The second-order valence-corrected chi connectivity index (χ2v) is 7.33. The van der Waals surface area contributed by atoms with Gasteiger partial charge in [-0.2, -0.15) is 0 Å². The van der Waals surface area contributed by atoms with E-state index in [1.165, 1.54) is 0 Å². The molecule has 0 unspecified atom stereocenters. The Labute approximate surface area is 167 Å². The van der Waals surface area contributed by atoms with Gasteiger partial charge in [0.2, 0.25) is 0 Å². The quantitative estimate of drug-likeness (QED) is 0.741. The number of rotatable bonds is 3. The fourth-order valence-corrected chi connectivity index (χ4v) is 3.35. The minimum atomic E-state index is -0.402. The van der Waals surface area contributed by atoms with Crippen LogP contribution in [0.15, 0.2) is 36.4 Å².